The summed E-state index contributed by atoms with van der Waals surface area (Å²) in [6.45, 7) is 3.86. The monoisotopic (exact) mass is 253 g/mol. The van der Waals surface area contributed by atoms with Gasteiger partial charge >= 0.3 is 0 Å². The Kier molecular flexibility index (Phi) is 3.21. The van der Waals surface area contributed by atoms with Gasteiger partial charge in [0.15, 0.2) is 4.96 Å². The van der Waals surface area contributed by atoms with E-state index in [1.165, 1.54) is 21.9 Å². The molecule has 0 spiro atoms. The molecule has 0 aliphatic heterocycles. The molecule has 0 radical (unpaired) electrons. The maximum Gasteiger partial charge on any atom is 0.282 e. The molecule has 0 unspecified atom stereocenters. The van der Waals surface area contributed by atoms with Crippen LogP contribution >= 0.6 is 11.3 Å². The molecule has 2 aromatic heterocycles. The lowest BCUT2D eigenvalue weighted by atomic mass is 10.3. The van der Waals surface area contributed by atoms with E-state index in [0.717, 1.165) is 5.69 Å². The number of amides is 1. The first-order valence-corrected chi connectivity index (χ1v) is 5.91. The van der Waals surface area contributed by atoms with Gasteiger partial charge in [-0.2, -0.15) is 0 Å². The molecule has 2 heterocycles. The van der Waals surface area contributed by atoms with Crippen LogP contribution < -0.4 is 11.0 Å². The highest BCUT2D eigenvalue weighted by molar-refractivity contribution is 7.15. The smallest absolute Gasteiger partial charge is 0.274 e. The van der Waals surface area contributed by atoms with Crippen molar-refractivity contribution in [1.82, 2.24) is 14.9 Å². The first-order valence-electron chi connectivity index (χ1n) is 5.03. The topological polar surface area (TPSA) is 72.7 Å². The van der Waals surface area contributed by atoms with E-state index in [-0.39, 0.29) is 11.1 Å². The molecule has 0 aliphatic carbocycles. The summed E-state index contributed by atoms with van der Waals surface area (Å²) in [5.74, 6) is -0.579. The molecule has 1 amide bonds. The van der Waals surface area contributed by atoms with E-state index in [1.807, 2.05) is 5.38 Å². The zero-order valence-corrected chi connectivity index (χ0v) is 10.2. The highest BCUT2D eigenvalue weighted by Gasteiger charge is 2.14. The molecule has 2 aromatic rings. The van der Waals surface area contributed by atoms with Crippen LogP contribution in [0.15, 0.2) is 16.4 Å². The number of aryl methyl sites for hydroxylation is 1. The van der Waals surface area contributed by atoms with Crippen LogP contribution in [0.3, 0.4) is 0 Å². The van der Waals surface area contributed by atoms with Crippen LogP contribution in [0.2, 0.25) is 0 Å². The molecule has 1 N–H and O–H groups in total. The first-order chi connectivity index (χ1) is 8.15. The maximum atomic E-state index is 12.0. The van der Waals surface area contributed by atoms with Crippen molar-refractivity contribution in [3.63, 3.8) is 0 Å². The van der Waals surface area contributed by atoms with Crippen LogP contribution in [0.5, 0.6) is 0 Å². The van der Waals surface area contributed by atoms with Crippen molar-refractivity contribution in [2.75, 3.05) is 6.61 Å². The normalized spacial score (nSPS) is 10.7. The molecule has 0 bridgehead atoms. The Morgan fingerprint density at radius 3 is 3.12 bits per heavy atom. The Labute approximate surface area is 101 Å². The number of rotatable bonds is 3. The van der Waals surface area contributed by atoms with Gasteiger partial charge in [-0.05, 0) is 13.8 Å². The van der Waals surface area contributed by atoms with Crippen LogP contribution in [-0.4, -0.2) is 21.9 Å². The third kappa shape index (κ3) is 2.06. The summed E-state index contributed by atoms with van der Waals surface area (Å²) >= 11 is 1.36. The number of hydroxylamine groups is 1. The van der Waals surface area contributed by atoms with Gasteiger partial charge in [0.2, 0.25) is 0 Å². The van der Waals surface area contributed by atoms with E-state index >= 15 is 0 Å². The Bertz CT molecular complexity index is 617. The van der Waals surface area contributed by atoms with Gasteiger partial charge in [0.05, 0.1) is 6.61 Å². The number of fused-ring (bicyclic) bond motifs is 1. The van der Waals surface area contributed by atoms with Crippen molar-refractivity contribution in [2.45, 2.75) is 13.8 Å². The lowest BCUT2D eigenvalue weighted by Gasteiger charge is -2.03. The molecule has 0 aliphatic rings. The van der Waals surface area contributed by atoms with Crippen LogP contribution in [0.1, 0.15) is 23.0 Å². The summed E-state index contributed by atoms with van der Waals surface area (Å²) in [5.41, 5.74) is 2.52. The zero-order valence-electron chi connectivity index (χ0n) is 9.39. The Morgan fingerprint density at radius 1 is 1.65 bits per heavy atom. The summed E-state index contributed by atoms with van der Waals surface area (Å²) in [6.07, 6.45) is 1.27. The van der Waals surface area contributed by atoms with Gasteiger partial charge in [0.1, 0.15) is 5.56 Å². The van der Waals surface area contributed by atoms with Crippen molar-refractivity contribution in [2.24, 2.45) is 0 Å². The molecule has 0 saturated carbocycles. The predicted octanol–water partition coefficient (Wildman–Crippen LogP) is 0.746. The molecule has 0 atom stereocenters. The van der Waals surface area contributed by atoms with Crippen LogP contribution in [0, 0.1) is 6.92 Å². The van der Waals surface area contributed by atoms with Gasteiger partial charge in [0.25, 0.3) is 11.5 Å². The van der Waals surface area contributed by atoms with Crippen molar-refractivity contribution in [3.8, 4) is 0 Å². The number of thiazole rings is 1. The summed E-state index contributed by atoms with van der Waals surface area (Å²) in [7, 11) is 0. The van der Waals surface area contributed by atoms with Crippen LogP contribution in [0.4, 0.5) is 0 Å². The van der Waals surface area contributed by atoms with Crippen molar-refractivity contribution in [1.29, 1.82) is 0 Å². The van der Waals surface area contributed by atoms with Crippen LogP contribution in [0.25, 0.3) is 4.96 Å². The highest BCUT2D eigenvalue weighted by atomic mass is 32.1. The van der Waals surface area contributed by atoms with Gasteiger partial charge in [-0.3, -0.25) is 18.8 Å². The second kappa shape index (κ2) is 4.64. The SMILES string of the molecule is CCONC(=O)c1cnc2scc(C)n2c1=O. The Balaban J connectivity index is 2.49. The van der Waals surface area contributed by atoms with Crippen LogP contribution in [-0.2, 0) is 4.84 Å². The minimum absolute atomic E-state index is 0.0301. The molecule has 6 nitrogen and oxygen atoms in total. The second-order valence-corrected chi connectivity index (χ2v) is 4.17. The van der Waals surface area contributed by atoms with Gasteiger partial charge in [-0.25, -0.2) is 10.5 Å². The average Bonchev–Trinajstić information content (AvgIpc) is 2.69. The average molecular weight is 253 g/mol. The quantitative estimate of drug-likeness (QED) is 0.819. The number of hydrogen-bond donors (Lipinski definition) is 1. The molecule has 0 aromatic carbocycles. The Hall–Kier alpha value is -1.73. The number of nitrogens with one attached hydrogen (secondary N) is 1. The lowest BCUT2D eigenvalue weighted by molar-refractivity contribution is 0.0362. The number of aromatic nitrogens is 2. The number of hydrogen-bond acceptors (Lipinski definition) is 5. The zero-order chi connectivity index (χ0) is 12.4. The molecule has 17 heavy (non-hydrogen) atoms. The molecule has 7 heteroatoms. The van der Waals surface area contributed by atoms with E-state index in [4.69, 9.17) is 4.84 Å². The summed E-state index contributed by atoms with van der Waals surface area (Å²) in [4.78, 5) is 33.0. The van der Waals surface area contributed by atoms with Gasteiger partial charge < -0.3 is 0 Å². The molecular formula is C10H11N3O3S. The largest absolute Gasteiger partial charge is 0.282 e. The predicted molar refractivity (Wildman–Crippen MR) is 63.2 cm³/mol. The first kappa shape index (κ1) is 11.7. The van der Waals surface area contributed by atoms with Crippen molar-refractivity contribution >= 4 is 22.2 Å². The standard InChI is InChI=1S/C10H11N3O3S/c1-3-16-12-8(14)7-4-11-10-13(9(7)15)6(2)5-17-10/h4-5H,3H2,1-2H3,(H,12,14). The fraction of sp³-hybridized carbons (Fsp3) is 0.300. The molecular weight excluding hydrogens is 242 g/mol. The molecule has 2 rings (SSSR count). The Morgan fingerprint density at radius 2 is 2.41 bits per heavy atom. The number of carbonyl (C=O) groups is 1. The summed E-state index contributed by atoms with van der Waals surface area (Å²) in [5, 5.41) is 1.81. The highest BCUT2D eigenvalue weighted by Crippen LogP contribution is 2.10. The second-order valence-electron chi connectivity index (χ2n) is 3.34. The van der Waals surface area contributed by atoms with E-state index in [0.29, 0.717) is 11.6 Å². The maximum absolute atomic E-state index is 12.0. The summed E-state index contributed by atoms with van der Waals surface area (Å²) in [6, 6.07) is 0. The number of nitrogens with zero attached hydrogens (tertiary/aromatic N) is 2. The van der Waals surface area contributed by atoms with E-state index in [2.05, 4.69) is 10.5 Å². The van der Waals surface area contributed by atoms with E-state index < -0.39 is 5.91 Å². The fourth-order valence-corrected chi connectivity index (χ4v) is 2.20. The molecule has 90 valence electrons. The number of carbonyl (C=O) groups excluding carboxylic acids is 1. The van der Waals surface area contributed by atoms with Gasteiger partial charge in [-0.15, -0.1) is 11.3 Å². The minimum Gasteiger partial charge on any atom is -0.274 e. The van der Waals surface area contributed by atoms with Gasteiger partial charge in [0, 0.05) is 17.3 Å². The third-order valence-corrected chi connectivity index (χ3v) is 3.13. The van der Waals surface area contributed by atoms with E-state index in [9.17, 15) is 9.59 Å². The summed E-state index contributed by atoms with van der Waals surface area (Å²) < 4.78 is 1.41. The fourth-order valence-electron chi connectivity index (χ4n) is 1.37. The molecule has 0 saturated heterocycles. The molecule has 0 fully saturated rings. The minimum atomic E-state index is -0.579. The van der Waals surface area contributed by atoms with Crippen molar-refractivity contribution in [3.05, 3.63) is 33.2 Å². The lowest BCUT2D eigenvalue weighted by Crippen LogP contribution is -2.31. The van der Waals surface area contributed by atoms with Gasteiger partial charge in [-0.1, -0.05) is 0 Å². The van der Waals surface area contributed by atoms with Crippen molar-refractivity contribution < 1.29 is 9.63 Å². The van der Waals surface area contributed by atoms with E-state index in [1.54, 1.807) is 13.8 Å². The third-order valence-electron chi connectivity index (χ3n) is 2.17.